The SMILES string of the molecule is NN=C1SC(=Cc2cccc(CC(=O)O)c2O)NC1=O. The fourth-order valence-electron chi connectivity index (χ4n) is 1.67. The first-order valence-corrected chi connectivity index (χ1v) is 6.34. The molecule has 1 aromatic rings. The van der Waals surface area contributed by atoms with E-state index in [2.05, 4.69) is 10.4 Å². The Hall–Kier alpha value is -2.48. The molecule has 0 unspecified atom stereocenters. The van der Waals surface area contributed by atoms with E-state index in [9.17, 15) is 14.7 Å². The van der Waals surface area contributed by atoms with Gasteiger partial charge < -0.3 is 21.4 Å². The number of hydrogen-bond acceptors (Lipinski definition) is 6. The number of carbonyl (C=O) groups excluding carboxylic acids is 1. The molecule has 1 aromatic carbocycles. The van der Waals surface area contributed by atoms with Crippen molar-refractivity contribution in [1.29, 1.82) is 0 Å². The van der Waals surface area contributed by atoms with Crippen LogP contribution >= 0.6 is 11.8 Å². The van der Waals surface area contributed by atoms with Gasteiger partial charge in [-0.05, 0) is 17.8 Å². The third-order valence-electron chi connectivity index (χ3n) is 2.53. The highest BCUT2D eigenvalue weighted by atomic mass is 32.2. The minimum Gasteiger partial charge on any atom is -0.507 e. The molecule has 1 saturated heterocycles. The molecular formula is C12H11N3O4S. The molecule has 2 rings (SSSR count). The third-order valence-corrected chi connectivity index (χ3v) is 3.46. The van der Waals surface area contributed by atoms with Crippen LogP contribution in [0.15, 0.2) is 28.3 Å². The number of benzene rings is 1. The predicted molar refractivity (Wildman–Crippen MR) is 74.8 cm³/mol. The van der Waals surface area contributed by atoms with Gasteiger partial charge in [0.1, 0.15) is 5.75 Å². The molecular weight excluding hydrogens is 282 g/mol. The fourth-order valence-corrected chi connectivity index (χ4v) is 2.40. The molecule has 1 aliphatic rings. The first kappa shape index (κ1) is 13.9. The molecule has 1 amide bonds. The molecule has 20 heavy (non-hydrogen) atoms. The van der Waals surface area contributed by atoms with Gasteiger partial charge in [0.05, 0.1) is 11.4 Å². The number of phenols is 1. The van der Waals surface area contributed by atoms with Gasteiger partial charge in [-0.3, -0.25) is 9.59 Å². The first-order chi connectivity index (χ1) is 9.51. The third kappa shape index (κ3) is 2.91. The van der Waals surface area contributed by atoms with Crippen LogP contribution in [0.1, 0.15) is 11.1 Å². The van der Waals surface area contributed by atoms with Crippen LogP contribution in [0.4, 0.5) is 0 Å². The Labute approximate surface area is 118 Å². The molecule has 5 N–H and O–H groups in total. The van der Waals surface area contributed by atoms with E-state index in [0.717, 1.165) is 11.8 Å². The van der Waals surface area contributed by atoms with Gasteiger partial charge in [0.15, 0.2) is 5.04 Å². The average molecular weight is 293 g/mol. The van der Waals surface area contributed by atoms with Crippen LogP contribution < -0.4 is 11.2 Å². The number of nitrogens with two attached hydrogens (primary N) is 1. The van der Waals surface area contributed by atoms with E-state index in [1.54, 1.807) is 12.1 Å². The van der Waals surface area contributed by atoms with Crippen molar-refractivity contribution in [3.05, 3.63) is 34.4 Å². The Morgan fingerprint density at radius 1 is 1.50 bits per heavy atom. The monoisotopic (exact) mass is 293 g/mol. The molecule has 1 aliphatic heterocycles. The summed E-state index contributed by atoms with van der Waals surface area (Å²) >= 11 is 1.04. The van der Waals surface area contributed by atoms with E-state index in [4.69, 9.17) is 10.9 Å². The zero-order valence-electron chi connectivity index (χ0n) is 10.2. The number of hydrogen-bond donors (Lipinski definition) is 4. The maximum absolute atomic E-state index is 11.4. The molecule has 0 spiro atoms. The van der Waals surface area contributed by atoms with E-state index in [1.807, 2.05) is 0 Å². The van der Waals surface area contributed by atoms with Crippen molar-refractivity contribution < 1.29 is 19.8 Å². The summed E-state index contributed by atoms with van der Waals surface area (Å²) in [5.74, 6) is 3.48. The lowest BCUT2D eigenvalue weighted by Crippen LogP contribution is -2.18. The molecule has 1 fully saturated rings. The van der Waals surface area contributed by atoms with Crippen molar-refractivity contribution in [3.63, 3.8) is 0 Å². The second kappa shape index (κ2) is 5.66. The van der Waals surface area contributed by atoms with E-state index in [-0.39, 0.29) is 17.2 Å². The second-order valence-electron chi connectivity index (χ2n) is 3.92. The van der Waals surface area contributed by atoms with Gasteiger partial charge in [0, 0.05) is 11.1 Å². The molecule has 0 bridgehead atoms. The zero-order chi connectivity index (χ0) is 14.7. The summed E-state index contributed by atoms with van der Waals surface area (Å²) in [5.41, 5.74) is 0.707. The number of para-hydroxylation sites is 1. The summed E-state index contributed by atoms with van der Waals surface area (Å²) in [6.07, 6.45) is 1.25. The number of aromatic hydroxyl groups is 1. The van der Waals surface area contributed by atoms with E-state index in [0.29, 0.717) is 16.2 Å². The zero-order valence-corrected chi connectivity index (χ0v) is 11.0. The minimum atomic E-state index is -1.04. The lowest BCUT2D eigenvalue weighted by atomic mass is 10.1. The molecule has 0 saturated carbocycles. The number of nitrogens with one attached hydrogen (secondary N) is 1. The number of carboxylic acid groups (broad SMARTS) is 1. The van der Waals surface area contributed by atoms with Crippen molar-refractivity contribution in [2.24, 2.45) is 10.9 Å². The molecule has 0 radical (unpaired) electrons. The summed E-state index contributed by atoms with van der Waals surface area (Å²) in [4.78, 5) is 22.1. The maximum atomic E-state index is 11.4. The van der Waals surface area contributed by atoms with Crippen molar-refractivity contribution in [3.8, 4) is 5.75 Å². The van der Waals surface area contributed by atoms with Gasteiger partial charge in [0.2, 0.25) is 0 Å². The predicted octanol–water partition coefficient (Wildman–Crippen LogP) is 0.453. The van der Waals surface area contributed by atoms with Gasteiger partial charge >= 0.3 is 5.97 Å². The Morgan fingerprint density at radius 3 is 2.85 bits per heavy atom. The van der Waals surface area contributed by atoms with E-state index in [1.165, 1.54) is 12.1 Å². The average Bonchev–Trinajstić information content (AvgIpc) is 2.74. The molecule has 1 heterocycles. The van der Waals surface area contributed by atoms with Gasteiger partial charge in [0.25, 0.3) is 5.91 Å². The minimum absolute atomic E-state index is 0.123. The van der Waals surface area contributed by atoms with E-state index < -0.39 is 11.9 Å². The van der Waals surface area contributed by atoms with Crippen LogP contribution in [-0.4, -0.2) is 27.1 Å². The standard InChI is InChI=1S/C12H11N3O4S/c13-15-12-11(19)14-8(20-12)4-6-2-1-3-7(10(6)18)5-9(16)17/h1-4,18H,5,13H2,(H,14,19)(H,16,17). The Kier molecular flexibility index (Phi) is 3.94. The highest BCUT2D eigenvalue weighted by molar-refractivity contribution is 8.19. The number of hydrazone groups is 1. The molecule has 0 aromatic heterocycles. The van der Waals surface area contributed by atoms with Crippen molar-refractivity contribution in [1.82, 2.24) is 5.32 Å². The summed E-state index contributed by atoms with van der Waals surface area (Å²) in [6.45, 7) is 0. The number of thioether (sulfide) groups is 1. The fraction of sp³-hybridized carbons (Fsp3) is 0.0833. The Balaban J connectivity index is 2.31. The van der Waals surface area contributed by atoms with Crippen LogP contribution in [0.5, 0.6) is 5.75 Å². The van der Waals surface area contributed by atoms with Crippen LogP contribution in [0.3, 0.4) is 0 Å². The Morgan fingerprint density at radius 2 is 2.25 bits per heavy atom. The van der Waals surface area contributed by atoms with Gasteiger partial charge in [-0.15, -0.1) is 0 Å². The number of nitrogens with zero attached hydrogens (tertiary/aromatic N) is 1. The number of aliphatic carboxylic acids is 1. The van der Waals surface area contributed by atoms with Crippen LogP contribution in [0.2, 0.25) is 0 Å². The summed E-state index contributed by atoms with van der Waals surface area (Å²) in [5, 5.41) is 25.2. The molecule has 104 valence electrons. The normalized spacial score (nSPS) is 18.5. The number of carbonyl (C=O) groups is 2. The highest BCUT2D eigenvalue weighted by Gasteiger charge is 2.24. The van der Waals surface area contributed by atoms with Crippen molar-refractivity contribution in [2.75, 3.05) is 0 Å². The topological polar surface area (TPSA) is 125 Å². The smallest absolute Gasteiger partial charge is 0.307 e. The molecule has 0 atom stereocenters. The van der Waals surface area contributed by atoms with Crippen LogP contribution in [-0.2, 0) is 16.0 Å². The number of phenolic OH excluding ortho intramolecular Hbond substituents is 1. The summed E-state index contributed by atoms with van der Waals surface area (Å²) < 4.78 is 0. The lowest BCUT2D eigenvalue weighted by molar-refractivity contribution is -0.136. The number of carboxylic acids is 1. The van der Waals surface area contributed by atoms with Gasteiger partial charge in [-0.1, -0.05) is 18.2 Å². The first-order valence-electron chi connectivity index (χ1n) is 5.52. The second-order valence-corrected chi connectivity index (χ2v) is 4.96. The van der Waals surface area contributed by atoms with E-state index >= 15 is 0 Å². The molecule has 0 aliphatic carbocycles. The lowest BCUT2D eigenvalue weighted by Gasteiger charge is -2.05. The number of rotatable bonds is 3. The Bertz CT molecular complexity index is 640. The summed E-state index contributed by atoms with van der Waals surface area (Å²) in [6, 6.07) is 4.76. The van der Waals surface area contributed by atoms with Gasteiger partial charge in [-0.2, -0.15) is 5.10 Å². The molecule has 7 nitrogen and oxygen atoms in total. The van der Waals surface area contributed by atoms with Gasteiger partial charge in [-0.25, -0.2) is 0 Å². The maximum Gasteiger partial charge on any atom is 0.307 e. The molecule has 8 heteroatoms. The number of amides is 1. The summed E-state index contributed by atoms with van der Waals surface area (Å²) in [7, 11) is 0. The quantitative estimate of drug-likeness (QED) is 0.474. The largest absolute Gasteiger partial charge is 0.507 e. The highest BCUT2D eigenvalue weighted by Crippen LogP contribution is 2.29. The van der Waals surface area contributed by atoms with Crippen LogP contribution in [0, 0.1) is 0 Å². The van der Waals surface area contributed by atoms with Crippen molar-refractivity contribution in [2.45, 2.75) is 6.42 Å². The van der Waals surface area contributed by atoms with Crippen molar-refractivity contribution >= 4 is 34.8 Å². The van der Waals surface area contributed by atoms with Crippen LogP contribution in [0.25, 0.3) is 6.08 Å².